The van der Waals surface area contributed by atoms with Crippen LogP contribution in [-0.4, -0.2) is 24.8 Å². The van der Waals surface area contributed by atoms with Crippen molar-refractivity contribution in [2.24, 2.45) is 0 Å². The Balaban J connectivity index is 2.44. The lowest BCUT2D eigenvalue weighted by atomic mass is 10.2. The number of ether oxygens (including phenoxy) is 1. The molecule has 92 valence electrons. The molecule has 0 aliphatic carbocycles. The molecule has 1 aromatic rings. The number of benzene rings is 1. The topological polar surface area (TPSA) is 29.5 Å². The number of aryl methyl sites for hydroxylation is 1. The molecule has 17 heavy (non-hydrogen) atoms. The quantitative estimate of drug-likeness (QED) is 0.838. The van der Waals surface area contributed by atoms with E-state index < -0.39 is 0 Å². The first kappa shape index (κ1) is 12.6. The van der Waals surface area contributed by atoms with Crippen molar-refractivity contribution in [2.75, 3.05) is 18.6 Å². The molecule has 1 unspecified atom stereocenters. The van der Waals surface area contributed by atoms with Gasteiger partial charge in [0.05, 0.1) is 12.8 Å². The minimum atomic E-state index is 0.0741. The third-order valence-corrected chi connectivity index (χ3v) is 3.61. The van der Waals surface area contributed by atoms with E-state index in [1.54, 1.807) is 18.1 Å². The summed E-state index contributed by atoms with van der Waals surface area (Å²) in [6, 6.07) is 3.62. The number of rotatable bonds is 2. The smallest absolute Gasteiger partial charge is 0.228 e. The van der Waals surface area contributed by atoms with Crippen LogP contribution in [0.15, 0.2) is 12.1 Å². The van der Waals surface area contributed by atoms with E-state index in [-0.39, 0.29) is 11.2 Å². The molecule has 5 heteroatoms. The lowest BCUT2D eigenvalue weighted by Gasteiger charge is -2.20. The molecular weight excluding hydrogens is 258 g/mol. The van der Waals surface area contributed by atoms with E-state index in [9.17, 15) is 4.79 Å². The molecule has 2 rings (SSSR count). The molecule has 0 radical (unpaired) electrons. The predicted molar refractivity (Wildman–Crippen MR) is 72.5 cm³/mol. The number of nitrogens with zero attached hydrogens (tertiary/aromatic N) is 1. The molecule has 1 atom stereocenters. The van der Waals surface area contributed by atoms with E-state index in [2.05, 4.69) is 12.6 Å². The third kappa shape index (κ3) is 2.38. The third-order valence-electron chi connectivity index (χ3n) is 2.86. The fourth-order valence-electron chi connectivity index (χ4n) is 1.94. The fraction of sp³-hybridized carbons (Fsp3) is 0.417. The number of anilines is 1. The molecule has 0 N–H and O–H groups in total. The van der Waals surface area contributed by atoms with Gasteiger partial charge in [-0.2, -0.15) is 12.6 Å². The van der Waals surface area contributed by atoms with Gasteiger partial charge in [-0.05, 0) is 18.6 Å². The minimum Gasteiger partial charge on any atom is -0.495 e. The first-order valence-electron chi connectivity index (χ1n) is 5.35. The first-order valence-corrected chi connectivity index (χ1v) is 6.25. The number of amides is 1. The van der Waals surface area contributed by atoms with E-state index in [0.717, 1.165) is 11.3 Å². The monoisotopic (exact) mass is 271 g/mol. The van der Waals surface area contributed by atoms with Gasteiger partial charge in [0.15, 0.2) is 0 Å². The molecule has 1 fully saturated rings. The van der Waals surface area contributed by atoms with Gasteiger partial charge in [-0.3, -0.25) is 4.79 Å². The highest BCUT2D eigenvalue weighted by atomic mass is 35.5. The first-order chi connectivity index (χ1) is 8.02. The van der Waals surface area contributed by atoms with Crippen LogP contribution in [0.3, 0.4) is 0 Å². The Morgan fingerprint density at radius 1 is 1.53 bits per heavy atom. The van der Waals surface area contributed by atoms with Gasteiger partial charge in [-0.1, -0.05) is 11.6 Å². The summed E-state index contributed by atoms with van der Waals surface area (Å²) in [5.41, 5.74) is 1.70. The van der Waals surface area contributed by atoms with Gasteiger partial charge in [0.25, 0.3) is 0 Å². The van der Waals surface area contributed by atoms with Gasteiger partial charge in [-0.25, -0.2) is 0 Å². The summed E-state index contributed by atoms with van der Waals surface area (Å²) in [5, 5.41) is 0.725. The molecule has 0 aromatic heterocycles. The van der Waals surface area contributed by atoms with Crippen LogP contribution in [0.5, 0.6) is 5.75 Å². The Labute approximate surface area is 111 Å². The summed E-state index contributed by atoms with van der Waals surface area (Å²) in [6.07, 6.45) is 0.466. The fourth-order valence-corrected chi connectivity index (χ4v) is 2.42. The van der Waals surface area contributed by atoms with Gasteiger partial charge in [0.1, 0.15) is 5.75 Å². The average molecular weight is 272 g/mol. The maximum Gasteiger partial charge on any atom is 0.228 e. The van der Waals surface area contributed by atoms with Crippen LogP contribution < -0.4 is 9.64 Å². The van der Waals surface area contributed by atoms with Crippen LogP contribution >= 0.6 is 24.2 Å². The van der Waals surface area contributed by atoms with Crippen LogP contribution in [0, 0.1) is 6.92 Å². The van der Waals surface area contributed by atoms with Gasteiger partial charge in [-0.15, -0.1) is 0 Å². The lowest BCUT2D eigenvalue weighted by molar-refractivity contribution is -0.117. The van der Waals surface area contributed by atoms with Crippen molar-refractivity contribution >= 4 is 35.8 Å². The van der Waals surface area contributed by atoms with Crippen molar-refractivity contribution < 1.29 is 9.53 Å². The lowest BCUT2D eigenvalue weighted by Crippen LogP contribution is -2.25. The van der Waals surface area contributed by atoms with Crippen molar-refractivity contribution in [3.8, 4) is 5.75 Å². The molecule has 0 saturated carbocycles. The summed E-state index contributed by atoms with van der Waals surface area (Å²) in [4.78, 5) is 13.5. The summed E-state index contributed by atoms with van der Waals surface area (Å²) in [6.45, 7) is 2.52. The Kier molecular flexibility index (Phi) is 3.54. The molecule has 1 saturated heterocycles. The number of halogens is 1. The summed E-state index contributed by atoms with van der Waals surface area (Å²) < 4.78 is 5.27. The Hall–Kier alpha value is -0.870. The molecular formula is C12H14ClNO2S. The normalized spacial score (nSPS) is 19.9. The van der Waals surface area contributed by atoms with Crippen molar-refractivity contribution in [1.29, 1.82) is 0 Å². The average Bonchev–Trinajstić information content (AvgIpc) is 2.61. The summed E-state index contributed by atoms with van der Waals surface area (Å²) in [7, 11) is 1.57. The van der Waals surface area contributed by atoms with Crippen LogP contribution in [0.1, 0.15) is 12.0 Å². The van der Waals surface area contributed by atoms with Gasteiger partial charge in [0, 0.05) is 29.3 Å². The molecule has 0 spiro atoms. The number of carbonyl (C=O) groups excluding carboxylic acids is 1. The zero-order valence-corrected chi connectivity index (χ0v) is 11.4. The molecule has 1 aliphatic rings. The Bertz CT molecular complexity index is 464. The van der Waals surface area contributed by atoms with Crippen molar-refractivity contribution in [3.05, 3.63) is 22.7 Å². The summed E-state index contributed by atoms with van der Waals surface area (Å²) >= 11 is 10.4. The predicted octanol–water partition coefficient (Wildman–Crippen LogP) is 2.69. The van der Waals surface area contributed by atoms with E-state index in [4.69, 9.17) is 16.3 Å². The largest absolute Gasteiger partial charge is 0.495 e. The Morgan fingerprint density at radius 2 is 2.24 bits per heavy atom. The van der Waals surface area contributed by atoms with Crippen LogP contribution in [0.4, 0.5) is 5.69 Å². The molecule has 1 amide bonds. The Morgan fingerprint density at radius 3 is 2.76 bits per heavy atom. The SMILES string of the molecule is COc1cc(Cl)c(C)cc1N1CC(S)CC1=O. The van der Waals surface area contributed by atoms with E-state index in [1.807, 2.05) is 13.0 Å². The number of thiol groups is 1. The zero-order valence-electron chi connectivity index (χ0n) is 9.74. The highest BCUT2D eigenvalue weighted by Crippen LogP contribution is 2.36. The van der Waals surface area contributed by atoms with Crippen LogP contribution in [0.25, 0.3) is 0 Å². The van der Waals surface area contributed by atoms with Gasteiger partial charge < -0.3 is 9.64 Å². The highest BCUT2D eigenvalue weighted by molar-refractivity contribution is 7.81. The standard InChI is InChI=1S/C12H14ClNO2S/c1-7-3-10(11(16-2)5-9(7)13)14-6-8(17)4-12(14)15/h3,5,8,17H,4,6H2,1-2H3. The number of methoxy groups -OCH3 is 1. The molecule has 3 nitrogen and oxygen atoms in total. The zero-order chi connectivity index (χ0) is 12.6. The van der Waals surface area contributed by atoms with Crippen LogP contribution in [0.2, 0.25) is 5.02 Å². The number of carbonyl (C=O) groups is 1. The second kappa shape index (κ2) is 4.78. The van der Waals surface area contributed by atoms with E-state index in [1.165, 1.54) is 0 Å². The molecule has 1 aliphatic heterocycles. The molecule has 1 aromatic carbocycles. The van der Waals surface area contributed by atoms with Crippen molar-refractivity contribution in [1.82, 2.24) is 0 Å². The number of hydrogen-bond donors (Lipinski definition) is 1. The van der Waals surface area contributed by atoms with Crippen LogP contribution in [-0.2, 0) is 4.79 Å². The highest BCUT2D eigenvalue weighted by Gasteiger charge is 2.30. The van der Waals surface area contributed by atoms with E-state index in [0.29, 0.717) is 23.7 Å². The van der Waals surface area contributed by atoms with Gasteiger partial charge in [0.2, 0.25) is 5.91 Å². The number of hydrogen-bond acceptors (Lipinski definition) is 3. The van der Waals surface area contributed by atoms with Crippen molar-refractivity contribution in [2.45, 2.75) is 18.6 Å². The second-order valence-electron chi connectivity index (χ2n) is 4.14. The maximum atomic E-state index is 11.8. The second-order valence-corrected chi connectivity index (χ2v) is 5.27. The maximum absolute atomic E-state index is 11.8. The summed E-state index contributed by atoms with van der Waals surface area (Å²) in [5.74, 6) is 0.696. The minimum absolute atomic E-state index is 0.0741. The van der Waals surface area contributed by atoms with Crippen molar-refractivity contribution in [3.63, 3.8) is 0 Å². The van der Waals surface area contributed by atoms with Gasteiger partial charge >= 0.3 is 0 Å². The van der Waals surface area contributed by atoms with E-state index >= 15 is 0 Å². The molecule has 0 bridgehead atoms. The molecule has 1 heterocycles.